The molecule has 3 aromatic rings. The molecule has 4 heterocycles. The number of aromatic nitrogens is 5. The van der Waals surface area contributed by atoms with Gasteiger partial charge < -0.3 is 36.6 Å². The van der Waals surface area contributed by atoms with Gasteiger partial charge in [-0.1, -0.05) is 6.07 Å². The molecule has 0 unspecified atom stereocenters. The number of carbonyl (C=O) groups excluding carboxylic acids is 4. The van der Waals surface area contributed by atoms with Crippen molar-refractivity contribution < 1.29 is 19.2 Å². The number of amides is 4. The highest BCUT2D eigenvalue weighted by atomic mass is 16.2. The minimum absolute atomic E-state index is 0.0487. The Hall–Kier alpha value is -4.59. The molecule has 0 saturated heterocycles. The van der Waals surface area contributed by atoms with Crippen LogP contribution in [0.5, 0.6) is 0 Å². The Labute approximate surface area is 211 Å². The summed E-state index contributed by atoms with van der Waals surface area (Å²) >= 11 is 0. The Kier molecular flexibility index (Phi) is 8.54. The molecular formula is C23H28N10O4. The van der Waals surface area contributed by atoms with E-state index >= 15 is 0 Å². The Morgan fingerprint density at radius 3 is 1.62 bits per heavy atom. The number of rotatable bonds is 4. The van der Waals surface area contributed by atoms with E-state index in [1.54, 1.807) is 12.4 Å². The summed E-state index contributed by atoms with van der Waals surface area (Å²) in [5, 5.41) is 14.1. The molecule has 3 aromatic heterocycles. The van der Waals surface area contributed by atoms with Crippen LogP contribution in [0.3, 0.4) is 0 Å². The Balaban J connectivity index is 1.56. The molecule has 0 aromatic carbocycles. The largest absolute Gasteiger partial charge is 0.353 e. The van der Waals surface area contributed by atoms with E-state index in [-0.39, 0.29) is 36.0 Å². The van der Waals surface area contributed by atoms with Crippen LogP contribution in [0.25, 0.3) is 0 Å². The second-order valence-corrected chi connectivity index (χ2v) is 8.35. The third-order valence-electron chi connectivity index (χ3n) is 5.62. The van der Waals surface area contributed by atoms with E-state index < -0.39 is 23.9 Å². The first kappa shape index (κ1) is 25.5. The molecule has 37 heavy (non-hydrogen) atoms. The first-order valence-electron chi connectivity index (χ1n) is 11.8. The standard InChI is InChI=1S/C23H28N10O4/c34-20-18(8-14-10-25-12-29-14)32-22(36)16-2-1-3-17(31-16)23(37)33-19(9-15-11-26-13-30-15)21(35)28-7-5-24-4-6-27-20/h1-3,10-13,18-19,24H,4-9H2,(H,25,29)(H,26,30)(H,27,34)(H,28,35)(H,32,36)(H,33,37)/t18-,19-/m0/s1. The topological polar surface area (TPSA) is 199 Å². The fraction of sp³-hybridized carbons (Fsp3) is 0.348. The van der Waals surface area contributed by atoms with Crippen molar-refractivity contribution in [2.45, 2.75) is 24.9 Å². The van der Waals surface area contributed by atoms with E-state index in [0.717, 1.165) is 0 Å². The fourth-order valence-corrected chi connectivity index (χ4v) is 3.72. The summed E-state index contributed by atoms with van der Waals surface area (Å²) < 4.78 is 0. The van der Waals surface area contributed by atoms with E-state index in [0.29, 0.717) is 37.6 Å². The van der Waals surface area contributed by atoms with Crippen LogP contribution in [0, 0.1) is 0 Å². The molecule has 194 valence electrons. The lowest BCUT2D eigenvalue weighted by atomic mass is 10.1. The maximum Gasteiger partial charge on any atom is 0.270 e. The van der Waals surface area contributed by atoms with Gasteiger partial charge in [-0.3, -0.25) is 19.2 Å². The number of H-pyrrole nitrogens is 2. The highest BCUT2D eigenvalue weighted by Gasteiger charge is 2.25. The lowest BCUT2D eigenvalue weighted by Crippen LogP contribution is -2.51. The Bertz CT molecular complexity index is 1120. The van der Waals surface area contributed by atoms with Crippen molar-refractivity contribution in [3.63, 3.8) is 0 Å². The first-order valence-corrected chi connectivity index (χ1v) is 11.8. The number of hydrogen-bond acceptors (Lipinski definition) is 8. The van der Waals surface area contributed by atoms with Crippen LogP contribution in [0.2, 0.25) is 0 Å². The number of aromatic amines is 2. The Morgan fingerprint density at radius 2 is 1.19 bits per heavy atom. The molecule has 0 radical (unpaired) electrons. The highest BCUT2D eigenvalue weighted by Crippen LogP contribution is 2.06. The smallest absolute Gasteiger partial charge is 0.270 e. The van der Waals surface area contributed by atoms with Crippen molar-refractivity contribution in [3.8, 4) is 0 Å². The van der Waals surface area contributed by atoms with Gasteiger partial charge in [-0.25, -0.2) is 15.0 Å². The molecule has 2 atom stereocenters. The van der Waals surface area contributed by atoms with Gasteiger partial charge in [-0.05, 0) is 12.1 Å². The van der Waals surface area contributed by atoms with Gasteiger partial charge in [0.05, 0.1) is 12.7 Å². The third-order valence-corrected chi connectivity index (χ3v) is 5.62. The number of hydrogen-bond donors (Lipinski definition) is 7. The van der Waals surface area contributed by atoms with E-state index in [1.165, 1.54) is 30.9 Å². The van der Waals surface area contributed by atoms with Crippen LogP contribution in [-0.4, -0.2) is 86.8 Å². The molecule has 4 rings (SSSR count). The van der Waals surface area contributed by atoms with Gasteiger partial charge in [0.15, 0.2) is 0 Å². The lowest BCUT2D eigenvalue weighted by molar-refractivity contribution is -0.123. The zero-order valence-electron chi connectivity index (χ0n) is 19.9. The van der Waals surface area contributed by atoms with Crippen molar-refractivity contribution in [3.05, 3.63) is 66.0 Å². The van der Waals surface area contributed by atoms with Crippen LogP contribution in [0.15, 0.2) is 43.2 Å². The van der Waals surface area contributed by atoms with Crippen molar-refractivity contribution >= 4 is 23.6 Å². The maximum atomic E-state index is 13.0. The van der Waals surface area contributed by atoms with Crippen LogP contribution >= 0.6 is 0 Å². The summed E-state index contributed by atoms with van der Waals surface area (Å²) in [5.74, 6) is -2.01. The van der Waals surface area contributed by atoms with Gasteiger partial charge in [0, 0.05) is 62.8 Å². The van der Waals surface area contributed by atoms with Gasteiger partial charge in [0.1, 0.15) is 23.5 Å². The second kappa shape index (κ2) is 12.4. The molecule has 14 heteroatoms. The third kappa shape index (κ3) is 7.20. The quantitative estimate of drug-likeness (QED) is 0.211. The average molecular weight is 509 g/mol. The summed E-state index contributed by atoms with van der Waals surface area (Å²) in [6.07, 6.45) is 6.50. The normalized spacial score (nSPS) is 20.1. The molecular weight excluding hydrogens is 480 g/mol. The van der Waals surface area contributed by atoms with Crippen molar-refractivity contribution in [2.24, 2.45) is 0 Å². The van der Waals surface area contributed by atoms with Crippen LogP contribution in [0.4, 0.5) is 0 Å². The number of nitrogens with one attached hydrogen (secondary N) is 7. The molecule has 0 saturated carbocycles. The molecule has 0 aliphatic carbocycles. The molecule has 4 amide bonds. The number of carbonyl (C=O) groups is 4. The maximum absolute atomic E-state index is 13.0. The molecule has 0 spiro atoms. The van der Waals surface area contributed by atoms with E-state index in [4.69, 9.17) is 0 Å². The molecule has 1 aliphatic heterocycles. The molecule has 0 fully saturated rings. The Morgan fingerprint density at radius 1 is 0.703 bits per heavy atom. The zero-order chi connectivity index (χ0) is 26.0. The number of nitrogens with zero attached hydrogens (tertiary/aromatic N) is 3. The molecule has 2 bridgehead atoms. The summed E-state index contributed by atoms with van der Waals surface area (Å²) in [7, 11) is 0. The van der Waals surface area contributed by atoms with E-state index in [2.05, 4.69) is 51.5 Å². The predicted octanol–water partition coefficient (Wildman–Crippen LogP) is -1.95. The second-order valence-electron chi connectivity index (χ2n) is 8.35. The van der Waals surface area contributed by atoms with E-state index in [9.17, 15) is 19.2 Å². The fourth-order valence-electron chi connectivity index (χ4n) is 3.72. The predicted molar refractivity (Wildman–Crippen MR) is 130 cm³/mol. The molecule has 7 N–H and O–H groups in total. The van der Waals surface area contributed by atoms with E-state index in [1.807, 2.05) is 0 Å². The zero-order valence-corrected chi connectivity index (χ0v) is 19.9. The SMILES string of the molecule is O=C1N[C@@H](Cc2cnc[nH]2)C(=O)NCCNCCNC(=O)[C@H](Cc2cnc[nH]2)NC(=O)c2cccc1n2. The number of pyridine rings is 1. The van der Waals surface area contributed by atoms with Crippen molar-refractivity contribution in [2.75, 3.05) is 26.2 Å². The van der Waals surface area contributed by atoms with Crippen LogP contribution in [-0.2, 0) is 22.4 Å². The minimum atomic E-state index is -0.899. The average Bonchev–Trinajstić information content (AvgIpc) is 3.61. The van der Waals surface area contributed by atoms with Crippen molar-refractivity contribution in [1.29, 1.82) is 0 Å². The monoisotopic (exact) mass is 508 g/mol. The summed E-state index contributed by atoms with van der Waals surface area (Å²) in [6, 6.07) is 2.59. The van der Waals surface area contributed by atoms with Crippen LogP contribution < -0.4 is 26.6 Å². The molecule has 1 aliphatic rings. The number of imidazole rings is 2. The summed E-state index contributed by atoms with van der Waals surface area (Å²) in [4.78, 5) is 69.6. The van der Waals surface area contributed by atoms with Crippen LogP contribution in [0.1, 0.15) is 32.4 Å². The van der Waals surface area contributed by atoms with Gasteiger partial charge in [0.2, 0.25) is 11.8 Å². The van der Waals surface area contributed by atoms with Gasteiger partial charge in [-0.2, -0.15) is 0 Å². The first-order chi connectivity index (χ1) is 18.0. The van der Waals surface area contributed by atoms with Crippen molar-refractivity contribution in [1.82, 2.24) is 51.5 Å². The van der Waals surface area contributed by atoms with Gasteiger partial charge in [-0.15, -0.1) is 0 Å². The molecule has 14 nitrogen and oxygen atoms in total. The number of fused-ring (bicyclic) bond motifs is 2. The van der Waals surface area contributed by atoms with Gasteiger partial charge in [0.25, 0.3) is 11.8 Å². The minimum Gasteiger partial charge on any atom is -0.353 e. The summed E-state index contributed by atoms with van der Waals surface area (Å²) in [6.45, 7) is 1.53. The summed E-state index contributed by atoms with van der Waals surface area (Å²) in [5.41, 5.74) is 1.24. The van der Waals surface area contributed by atoms with Gasteiger partial charge >= 0.3 is 0 Å². The highest BCUT2D eigenvalue weighted by molar-refractivity contribution is 5.99. The lowest BCUT2D eigenvalue weighted by Gasteiger charge is -2.20.